The highest BCUT2D eigenvalue weighted by Crippen LogP contribution is 2.20. The first kappa shape index (κ1) is 18.6. The number of aryl methyl sites for hydroxylation is 1. The maximum atomic E-state index is 12.5. The fourth-order valence-corrected chi connectivity index (χ4v) is 2.80. The quantitative estimate of drug-likeness (QED) is 0.606. The topological polar surface area (TPSA) is 88.9 Å². The summed E-state index contributed by atoms with van der Waals surface area (Å²) in [4.78, 5) is 28.7. The Morgan fingerprint density at radius 1 is 1.30 bits per heavy atom. The number of carbonyl (C=O) groups excluding carboxylic acids is 2. The largest absolute Gasteiger partial charge is 0.348 e. The minimum absolute atomic E-state index is 0.0659. The molecule has 2 N–H and O–H groups in total. The Labute approximate surface area is 158 Å². The zero-order valence-electron chi connectivity index (χ0n) is 15.5. The highest BCUT2D eigenvalue weighted by atomic mass is 16.2. The van der Waals surface area contributed by atoms with Gasteiger partial charge in [-0.15, -0.1) is 0 Å². The second-order valence-corrected chi connectivity index (χ2v) is 6.73. The third-order valence-electron chi connectivity index (χ3n) is 4.58. The molecule has 3 rings (SSSR count). The Morgan fingerprint density at radius 3 is 2.70 bits per heavy atom. The molecule has 140 valence electrons. The zero-order chi connectivity index (χ0) is 19.4. The van der Waals surface area contributed by atoms with Crippen LogP contribution >= 0.6 is 0 Å². The van der Waals surface area contributed by atoms with Crippen molar-refractivity contribution >= 4 is 11.8 Å². The van der Waals surface area contributed by atoms with E-state index in [2.05, 4.69) is 27.3 Å². The molecule has 7 heteroatoms. The van der Waals surface area contributed by atoms with E-state index in [-0.39, 0.29) is 23.9 Å². The molecule has 1 fully saturated rings. The van der Waals surface area contributed by atoms with Crippen LogP contribution in [0.2, 0.25) is 0 Å². The van der Waals surface area contributed by atoms with E-state index in [0.29, 0.717) is 11.4 Å². The number of aromatic nitrogens is 3. The number of rotatable bonds is 6. The summed E-state index contributed by atoms with van der Waals surface area (Å²) >= 11 is 0. The number of nitrogens with one attached hydrogen (secondary N) is 2. The van der Waals surface area contributed by atoms with Crippen LogP contribution in [0.25, 0.3) is 5.82 Å². The SMILES string of the molecule is C=C/C(C)=C\C(=O)N[C@@H]1CC[C@H]1NC(=O)c1cnn(-c2cc(C)ccn2)c1. The lowest BCUT2D eigenvalue weighted by Gasteiger charge is -2.37. The van der Waals surface area contributed by atoms with E-state index in [1.165, 1.54) is 12.3 Å². The number of pyridine rings is 1. The zero-order valence-corrected chi connectivity index (χ0v) is 15.5. The molecular formula is C20H23N5O2. The van der Waals surface area contributed by atoms with E-state index < -0.39 is 0 Å². The molecule has 0 radical (unpaired) electrons. The van der Waals surface area contributed by atoms with E-state index in [4.69, 9.17) is 0 Å². The van der Waals surface area contributed by atoms with Crippen molar-refractivity contribution in [1.82, 2.24) is 25.4 Å². The van der Waals surface area contributed by atoms with Crippen molar-refractivity contribution in [2.45, 2.75) is 38.8 Å². The van der Waals surface area contributed by atoms with Crippen molar-refractivity contribution in [1.29, 1.82) is 0 Å². The summed E-state index contributed by atoms with van der Waals surface area (Å²) in [5, 5.41) is 10.1. The predicted octanol–water partition coefficient (Wildman–Crippen LogP) is 2.09. The van der Waals surface area contributed by atoms with Crippen LogP contribution in [-0.2, 0) is 4.79 Å². The van der Waals surface area contributed by atoms with Gasteiger partial charge in [0.1, 0.15) is 0 Å². The molecule has 2 aromatic rings. The summed E-state index contributed by atoms with van der Waals surface area (Å²) < 4.78 is 1.57. The number of nitrogens with zero attached hydrogens (tertiary/aromatic N) is 3. The van der Waals surface area contributed by atoms with Crippen molar-refractivity contribution in [3.05, 3.63) is 66.2 Å². The smallest absolute Gasteiger partial charge is 0.254 e. The first-order valence-corrected chi connectivity index (χ1v) is 8.86. The number of carbonyl (C=O) groups is 2. The first-order chi connectivity index (χ1) is 13.0. The van der Waals surface area contributed by atoms with Crippen LogP contribution in [0, 0.1) is 6.92 Å². The van der Waals surface area contributed by atoms with Crippen molar-refractivity contribution in [2.75, 3.05) is 0 Å². The summed E-state index contributed by atoms with van der Waals surface area (Å²) in [6.45, 7) is 7.41. The van der Waals surface area contributed by atoms with Crippen LogP contribution in [0.15, 0.2) is 55.0 Å². The lowest BCUT2D eigenvalue weighted by molar-refractivity contribution is -0.118. The molecule has 27 heavy (non-hydrogen) atoms. The van der Waals surface area contributed by atoms with E-state index in [9.17, 15) is 9.59 Å². The molecule has 1 saturated carbocycles. The third kappa shape index (κ3) is 4.49. The molecule has 0 spiro atoms. The molecule has 0 aliphatic heterocycles. The molecule has 7 nitrogen and oxygen atoms in total. The second kappa shape index (κ2) is 7.99. The van der Waals surface area contributed by atoms with Gasteiger partial charge in [0.15, 0.2) is 5.82 Å². The summed E-state index contributed by atoms with van der Waals surface area (Å²) in [5.41, 5.74) is 2.32. The Balaban J connectivity index is 1.59. The van der Waals surface area contributed by atoms with Crippen molar-refractivity contribution < 1.29 is 9.59 Å². The normalized spacial score (nSPS) is 19.1. The number of hydrogen-bond donors (Lipinski definition) is 2. The average Bonchev–Trinajstić information content (AvgIpc) is 3.13. The summed E-state index contributed by atoms with van der Waals surface area (Å²) in [6.07, 6.45) is 9.67. The highest BCUT2D eigenvalue weighted by Gasteiger charge is 2.33. The molecule has 0 aromatic carbocycles. The van der Waals surface area contributed by atoms with Crippen LogP contribution in [-0.4, -0.2) is 38.7 Å². The van der Waals surface area contributed by atoms with Gasteiger partial charge < -0.3 is 10.6 Å². The van der Waals surface area contributed by atoms with Gasteiger partial charge in [-0.25, -0.2) is 9.67 Å². The Bertz CT molecular complexity index is 899. The minimum Gasteiger partial charge on any atom is -0.348 e. The van der Waals surface area contributed by atoms with E-state index in [0.717, 1.165) is 24.0 Å². The van der Waals surface area contributed by atoms with Gasteiger partial charge in [-0.1, -0.05) is 12.7 Å². The molecule has 1 aliphatic rings. The fourth-order valence-electron chi connectivity index (χ4n) is 2.80. The number of hydrogen-bond acceptors (Lipinski definition) is 4. The lowest BCUT2D eigenvalue weighted by Crippen LogP contribution is -2.57. The van der Waals surface area contributed by atoms with Gasteiger partial charge in [0.2, 0.25) is 5.91 Å². The van der Waals surface area contributed by atoms with Gasteiger partial charge in [0.25, 0.3) is 5.91 Å². The van der Waals surface area contributed by atoms with Gasteiger partial charge >= 0.3 is 0 Å². The van der Waals surface area contributed by atoms with Crippen LogP contribution in [0.3, 0.4) is 0 Å². The Hall–Kier alpha value is -3.22. The van der Waals surface area contributed by atoms with E-state index >= 15 is 0 Å². The maximum Gasteiger partial charge on any atom is 0.254 e. The van der Waals surface area contributed by atoms with E-state index in [1.807, 2.05) is 26.0 Å². The molecule has 2 atom stereocenters. The van der Waals surface area contributed by atoms with Crippen molar-refractivity contribution in [2.24, 2.45) is 0 Å². The number of allylic oxidation sites excluding steroid dienone is 2. The van der Waals surface area contributed by atoms with Gasteiger partial charge in [-0.2, -0.15) is 5.10 Å². The molecule has 2 heterocycles. The highest BCUT2D eigenvalue weighted by molar-refractivity contribution is 5.94. The lowest BCUT2D eigenvalue weighted by atomic mass is 9.86. The molecule has 2 aromatic heterocycles. The third-order valence-corrected chi connectivity index (χ3v) is 4.58. The average molecular weight is 365 g/mol. The van der Waals surface area contributed by atoms with Crippen LogP contribution in [0.5, 0.6) is 0 Å². The standard InChI is InChI=1S/C20H23N5O2/c1-4-13(2)10-19(26)23-16-5-6-17(16)24-20(27)15-11-22-25(12-15)18-9-14(3)7-8-21-18/h4,7-12,16-17H,1,5-6H2,2-3H3,(H,23,26)(H,24,27)/b13-10-/t16-,17-/m1/s1. The van der Waals surface area contributed by atoms with Gasteiger partial charge in [0.05, 0.1) is 11.8 Å². The second-order valence-electron chi connectivity index (χ2n) is 6.73. The minimum atomic E-state index is -0.212. The monoisotopic (exact) mass is 365 g/mol. The molecule has 1 aliphatic carbocycles. The van der Waals surface area contributed by atoms with Crippen molar-refractivity contribution in [3.8, 4) is 5.82 Å². The van der Waals surface area contributed by atoms with Crippen molar-refractivity contribution in [3.63, 3.8) is 0 Å². The summed E-state index contributed by atoms with van der Waals surface area (Å²) in [6, 6.07) is 3.64. The van der Waals surface area contributed by atoms with Gasteiger partial charge in [-0.05, 0) is 50.0 Å². The molecule has 0 saturated heterocycles. The van der Waals surface area contributed by atoms with Gasteiger partial charge in [-0.3, -0.25) is 9.59 Å². The molecule has 0 unspecified atom stereocenters. The summed E-state index contributed by atoms with van der Waals surface area (Å²) in [5.74, 6) is 0.276. The van der Waals surface area contributed by atoms with Crippen LogP contribution in [0.4, 0.5) is 0 Å². The van der Waals surface area contributed by atoms with Crippen LogP contribution < -0.4 is 10.6 Å². The Kier molecular flexibility index (Phi) is 5.49. The van der Waals surface area contributed by atoms with E-state index in [1.54, 1.807) is 23.2 Å². The van der Waals surface area contributed by atoms with Gasteiger partial charge in [0, 0.05) is 30.6 Å². The predicted molar refractivity (Wildman–Crippen MR) is 102 cm³/mol. The first-order valence-electron chi connectivity index (χ1n) is 8.86. The molecular weight excluding hydrogens is 342 g/mol. The fraction of sp³-hybridized carbons (Fsp3) is 0.300. The molecule has 2 amide bonds. The number of amides is 2. The molecule has 0 bridgehead atoms. The summed E-state index contributed by atoms with van der Waals surface area (Å²) in [7, 11) is 0. The van der Waals surface area contributed by atoms with Crippen LogP contribution in [0.1, 0.15) is 35.7 Å². The Morgan fingerprint density at radius 2 is 2.04 bits per heavy atom. The maximum absolute atomic E-state index is 12.5.